The fourth-order valence-electron chi connectivity index (χ4n) is 2.60. The van der Waals surface area contributed by atoms with E-state index in [1.807, 2.05) is 47.4 Å². The molecule has 0 aliphatic carbocycles. The van der Waals surface area contributed by atoms with Crippen molar-refractivity contribution in [2.45, 2.75) is 19.5 Å². The van der Waals surface area contributed by atoms with Crippen LogP contribution < -0.4 is 5.56 Å². The zero-order chi connectivity index (χ0) is 16.1. The molecule has 1 aromatic carbocycles. The molecule has 0 spiro atoms. The third-order valence-electron chi connectivity index (χ3n) is 3.72. The lowest BCUT2D eigenvalue weighted by molar-refractivity contribution is 0.240. The maximum absolute atomic E-state index is 12.3. The number of nitrogens with one attached hydrogen (secondary N) is 1. The minimum Gasteiger partial charge on any atom is -0.468 e. The van der Waals surface area contributed by atoms with Crippen LogP contribution in [0.4, 0.5) is 0 Å². The lowest BCUT2D eigenvalue weighted by Crippen LogP contribution is -2.27. The molecule has 0 saturated heterocycles. The highest BCUT2D eigenvalue weighted by atomic mass is 16.3. The number of hydrogen-bond acceptors (Lipinski definition) is 4. The fourth-order valence-corrected chi connectivity index (χ4v) is 2.60. The molecule has 0 radical (unpaired) electrons. The van der Waals surface area contributed by atoms with E-state index in [1.165, 1.54) is 0 Å². The van der Waals surface area contributed by atoms with Gasteiger partial charge in [0.25, 0.3) is 5.56 Å². The number of benzene rings is 1. The van der Waals surface area contributed by atoms with Crippen LogP contribution in [0, 0.1) is 11.3 Å². The van der Waals surface area contributed by atoms with E-state index in [0.29, 0.717) is 31.6 Å². The largest absolute Gasteiger partial charge is 0.468 e. The van der Waals surface area contributed by atoms with E-state index in [1.54, 1.807) is 6.26 Å². The second-order valence-electron chi connectivity index (χ2n) is 5.41. The Kier molecular flexibility index (Phi) is 4.55. The van der Waals surface area contributed by atoms with E-state index >= 15 is 0 Å². The van der Waals surface area contributed by atoms with Crippen LogP contribution in [0.5, 0.6) is 0 Å². The van der Waals surface area contributed by atoms with Crippen LogP contribution in [0.25, 0.3) is 10.9 Å². The summed E-state index contributed by atoms with van der Waals surface area (Å²) >= 11 is 0. The van der Waals surface area contributed by atoms with Crippen molar-refractivity contribution in [2.24, 2.45) is 0 Å². The molecule has 116 valence electrons. The zero-order valence-corrected chi connectivity index (χ0v) is 12.7. The van der Waals surface area contributed by atoms with Crippen LogP contribution in [0.2, 0.25) is 0 Å². The minimum atomic E-state index is -0.0925. The standard InChI is InChI=1S/C18H17N3O2/c19-8-4-9-21(13-16-6-3-10-23-16)12-15-11-14-5-1-2-7-17(14)20-18(15)22/h1-3,5-7,10-11H,4,9,12-13H2,(H,20,22). The number of fused-ring (bicyclic) bond motifs is 1. The molecule has 0 atom stereocenters. The van der Waals surface area contributed by atoms with E-state index in [9.17, 15) is 4.79 Å². The quantitative estimate of drug-likeness (QED) is 0.759. The highest BCUT2D eigenvalue weighted by molar-refractivity contribution is 5.78. The van der Waals surface area contributed by atoms with Gasteiger partial charge in [0.15, 0.2) is 0 Å². The predicted octanol–water partition coefficient (Wildman–Crippen LogP) is 3.04. The summed E-state index contributed by atoms with van der Waals surface area (Å²) < 4.78 is 5.37. The average molecular weight is 307 g/mol. The van der Waals surface area contributed by atoms with Crippen molar-refractivity contribution < 1.29 is 4.42 Å². The van der Waals surface area contributed by atoms with Crippen molar-refractivity contribution in [1.29, 1.82) is 5.26 Å². The molecule has 0 unspecified atom stereocenters. The summed E-state index contributed by atoms with van der Waals surface area (Å²) in [4.78, 5) is 17.2. The molecule has 2 aromatic heterocycles. The van der Waals surface area contributed by atoms with Gasteiger partial charge in [0, 0.05) is 30.6 Å². The molecule has 2 heterocycles. The monoisotopic (exact) mass is 307 g/mol. The van der Waals surface area contributed by atoms with Gasteiger partial charge in [0.1, 0.15) is 5.76 Å². The molecule has 5 heteroatoms. The second kappa shape index (κ2) is 6.95. The van der Waals surface area contributed by atoms with Gasteiger partial charge in [-0.2, -0.15) is 5.26 Å². The molecule has 1 N–H and O–H groups in total. The molecule has 0 amide bonds. The lowest BCUT2D eigenvalue weighted by Gasteiger charge is -2.19. The highest BCUT2D eigenvalue weighted by Gasteiger charge is 2.11. The first-order valence-electron chi connectivity index (χ1n) is 7.49. The number of H-pyrrole nitrogens is 1. The van der Waals surface area contributed by atoms with E-state index in [0.717, 1.165) is 16.7 Å². The number of pyridine rings is 1. The summed E-state index contributed by atoms with van der Waals surface area (Å²) in [6.45, 7) is 1.63. The molecule has 0 aliphatic heterocycles. The van der Waals surface area contributed by atoms with Crippen LogP contribution in [0.3, 0.4) is 0 Å². The van der Waals surface area contributed by atoms with Crippen molar-refractivity contribution >= 4 is 10.9 Å². The predicted molar refractivity (Wildman–Crippen MR) is 87.6 cm³/mol. The van der Waals surface area contributed by atoms with Gasteiger partial charge in [-0.25, -0.2) is 0 Å². The van der Waals surface area contributed by atoms with Crippen LogP contribution in [0.1, 0.15) is 17.7 Å². The molecule has 0 bridgehead atoms. The number of furan rings is 1. The molecule has 23 heavy (non-hydrogen) atoms. The lowest BCUT2D eigenvalue weighted by atomic mass is 10.1. The van der Waals surface area contributed by atoms with Crippen LogP contribution in [-0.4, -0.2) is 16.4 Å². The number of aromatic nitrogens is 1. The second-order valence-corrected chi connectivity index (χ2v) is 5.41. The number of hydrogen-bond donors (Lipinski definition) is 1. The first kappa shape index (κ1) is 15.1. The van der Waals surface area contributed by atoms with E-state index < -0.39 is 0 Å². The Balaban J connectivity index is 1.85. The smallest absolute Gasteiger partial charge is 0.252 e. The van der Waals surface area contributed by atoms with Gasteiger partial charge in [-0.05, 0) is 29.7 Å². The van der Waals surface area contributed by atoms with Crippen LogP contribution >= 0.6 is 0 Å². The Hall–Kier alpha value is -2.84. The van der Waals surface area contributed by atoms with E-state index in [2.05, 4.69) is 11.1 Å². The summed E-state index contributed by atoms with van der Waals surface area (Å²) in [5, 5.41) is 9.84. The summed E-state index contributed by atoms with van der Waals surface area (Å²) in [6.07, 6.45) is 2.03. The maximum Gasteiger partial charge on any atom is 0.252 e. The Bertz CT molecular complexity index is 875. The Morgan fingerprint density at radius 2 is 2.04 bits per heavy atom. The first-order chi connectivity index (χ1) is 11.3. The van der Waals surface area contributed by atoms with E-state index in [4.69, 9.17) is 9.68 Å². The first-order valence-corrected chi connectivity index (χ1v) is 7.49. The molecule has 0 aliphatic rings. The summed E-state index contributed by atoms with van der Waals surface area (Å²) in [5.41, 5.74) is 1.43. The SMILES string of the molecule is N#CCCN(Cc1ccco1)Cc1cc2ccccc2[nH]c1=O. The zero-order valence-electron chi connectivity index (χ0n) is 12.7. The number of para-hydroxylation sites is 1. The van der Waals surface area contributed by atoms with Gasteiger partial charge in [0.2, 0.25) is 0 Å². The third-order valence-corrected chi connectivity index (χ3v) is 3.72. The highest BCUT2D eigenvalue weighted by Crippen LogP contribution is 2.13. The van der Waals surface area contributed by atoms with Crippen molar-refractivity contribution in [3.63, 3.8) is 0 Å². The van der Waals surface area contributed by atoms with Gasteiger partial charge in [-0.1, -0.05) is 18.2 Å². The van der Waals surface area contributed by atoms with Gasteiger partial charge in [-0.3, -0.25) is 9.69 Å². The van der Waals surface area contributed by atoms with Crippen molar-refractivity contribution in [2.75, 3.05) is 6.54 Å². The van der Waals surface area contributed by atoms with Gasteiger partial charge in [0.05, 0.1) is 18.9 Å². The summed E-state index contributed by atoms with van der Waals surface area (Å²) in [7, 11) is 0. The van der Waals surface area contributed by atoms with E-state index in [-0.39, 0.29) is 5.56 Å². The van der Waals surface area contributed by atoms with Gasteiger partial charge >= 0.3 is 0 Å². The minimum absolute atomic E-state index is 0.0925. The van der Waals surface area contributed by atoms with Crippen molar-refractivity contribution in [3.05, 3.63) is 70.4 Å². The molecule has 0 fully saturated rings. The van der Waals surface area contributed by atoms with Crippen LogP contribution in [-0.2, 0) is 13.1 Å². The molecule has 5 nitrogen and oxygen atoms in total. The Labute approximate surface area is 133 Å². The topological polar surface area (TPSA) is 73.0 Å². The number of rotatable bonds is 6. The molecule has 3 aromatic rings. The van der Waals surface area contributed by atoms with Crippen molar-refractivity contribution in [3.8, 4) is 6.07 Å². The number of nitrogens with zero attached hydrogens (tertiary/aromatic N) is 2. The number of nitriles is 1. The Morgan fingerprint density at radius 1 is 1.17 bits per heavy atom. The van der Waals surface area contributed by atoms with Crippen molar-refractivity contribution in [1.82, 2.24) is 9.88 Å². The summed E-state index contributed by atoms with van der Waals surface area (Å²) in [6, 6.07) is 15.5. The summed E-state index contributed by atoms with van der Waals surface area (Å²) in [5.74, 6) is 0.820. The normalized spacial score (nSPS) is 11.0. The average Bonchev–Trinajstić information content (AvgIpc) is 3.06. The molecular weight excluding hydrogens is 290 g/mol. The molecule has 3 rings (SSSR count). The third kappa shape index (κ3) is 3.68. The Morgan fingerprint density at radius 3 is 2.83 bits per heavy atom. The maximum atomic E-state index is 12.3. The van der Waals surface area contributed by atoms with Crippen LogP contribution in [0.15, 0.2) is 57.9 Å². The van der Waals surface area contributed by atoms with Gasteiger partial charge < -0.3 is 9.40 Å². The van der Waals surface area contributed by atoms with Gasteiger partial charge in [-0.15, -0.1) is 0 Å². The number of aromatic amines is 1. The fraction of sp³-hybridized carbons (Fsp3) is 0.222. The molecule has 0 saturated carbocycles. The molecular formula is C18H17N3O2.